The van der Waals surface area contributed by atoms with Gasteiger partial charge >= 0.3 is 0 Å². The van der Waals surface area contributed by atoms with E-state index in [0.29, 0.717) is 31.6 Å². The molecule has 0 bridgehead atoms. The van der Waals surface area contributed by atoms with Gasteiger partial charge in [0.2, 0.25) is 5.91 Å². The number of halogens is 1. The van der Waals surface area contributed by atoms with Gasteiger partial charge in [-0.25, -0.2) is 22.5 Å². The lowest BCUT2D eigenvalue weighted by molar-refractivity contribution is -0.137. The van der Waals surface area contributed by atoms with Crippen LogP contribution in [0.4, 0.5) is 10.1 Å². The van der Waals surface area contributed by atoms with Crippen LogP contribution >= 0.6 is 0 Å². The molecule has 1 aliphatic heterocycles. The number of piperidine rings is 1. The van der Waals surface area contributed by atoms with Gasteiger partial charge in [-0.1, -0.05) is 12.1 Å². The molecular formula is C27H27FN6O5S. The fraction of sp³-hybridized carbons (Fsp3) is 0.333. The molecule has 2 aromatic carbocycles. The standard InChI is InChI=1S/C27H27FN6O5S/c28-19-3-1-6-22(13-19)40(38,39)31-20-4-2-5-21(14-20)34-24-23(15-30-34)26(36)33(17-29-24)16-27(37)9-11-32(12-10-27)25(35)18-7-8-18/h1-6,13-15,17-18,31,37H,7-12,16H2. The molecule has 0 unspecified atom stereocenters. The lowest BCUT2D eigenvalue weighted by Crippen LogP contribution is -2.50. The van der Waals surface area contributed by atoms with Crippen molar-refractivity contribution in [1.82, 2.24) is 24.2 Å². The Morgan fingerprint density at radius 3 is 2.60 bits per heavy atom. The number of amides is 1. The fourth-order valence-electron chi connectivity index (χ4n) is 5.01. The predicted octanol–water partition coefficient (Wildman–Crippen LogP) is 2.29. The zero-order valence-electron chi connectivity index (χ0n) is 21.4. The third-order valence-corrected chi connectivity index (χ3v) is 8.78. The van der Waals surface area contributed by atoms with Gasteiger partial charge in [-0.05, 0) is 62.1 Å². The smallest absolute Gasteiger partial charge is 0.264 e. The average molecular weight is 567 g/mol. The minimum absolute atomic E-state index is 0.0444. The van der Waals surface area contributed by atoms with Crippen LogP contribution in [0.5, 0.6) is 0 Å². The first-order chi connectivity index (χ1) is 19.1. The molecule has 3 heterocycles. The van der Waals surface area contributed by atoms with Crippen LogP contribution in [0.1, 0.15) is 25.7 Å². The van der Waals surface area contributed by atoms with Crippen LogP contribution in [0, 0.1) is 11.7 Å². The summed E-state index contributed by atoms with van der Waals surface area (Å²) in [6.45, 7) is 0.948. The highest BCUT2D eigenvalue weighted by Crippen LogP contribution is 2.33. The van der Waals surface area contributed by atoms with Gasteiger partial charge in [0.25, 0.3) is 15.6 Å². The first-order valence-electron chi connectivity index (χ1n) is 13.0. The molecular weight excluding hydrogens is 539 g/mol. The largest absolute Gasteiger partial charge is 0.388 e. The maximum absolute atomic E-state index is 13.6. The SMILES string of the molecule is O=C(C1CC1)N1CCC(O)(Cn2cnc3c(cnn3-c3cccc(NS(=O)(=O)c4cccc(F)c4)c3)c2=O)CC1. The van der Waals surface area contributed by atoms with Crippen LogP contribution < -0.4 is 10.3 Å². The Bertz CT molecular complexity index is 1770. The molecule has 1 saturated carbocycles. The Kier molecular flexibility index (Phi) is 6.42. The van der Waals surface area contributed by atoms with Gasteiger partial charge in [0.05, 0.1) is 34.6 Å². The second-order valence-electron chi connectivity index (χ2n) is 10.4. The molecule has 0 atom stereocenters. The molecule has 1 aliphatic carbocycles. The summed E-state index contributed by atoms with van der Waals surface area (Å²) >= 11 is 0. The molecule has 208 valence electrons. The number of likely N-dealkylation sites (tertiary alicyclic amines) is 1. The number of hydrogen-bond donors (Lipinski definition) is 2. The predicted molar refractivity (Wildman–Crippen MR) is 144 cm³/mol. The first-order valence-corrected chi connectivity index (χ1v) is 14.4. The monoisotopic (exact) mass is 566 g/mol. The summed E-state index contributed by atoms with van der Waals surface area (Å²) < 4.78 is 44.2. The molecule has 4 aromatic rings. The second kappa shape index (κ2) is 9.82. The molecule has 2 aliphatic rings. The molecule has 11 nitrogen and oxygen atoms in total. The average Bonchev–Trinajstić information content (AvgIpc) is 3.69. The Labute approximate surface area is 228 Å². The summed E-state index contributed by atoms with van der Waals surface area (Å²) in [6.07, 6.45) is 5.35. The summed E-state index contributed by atoms with van der Waals surface area (Å²) in [4.78, 5) is 31.6. The normalized spacial score (nSPS) is 17.2. The third-order valence-electron chi connectivity index (χ3n) is 7.40. The number of anilines is 1. The number of aliphatic hydroxyl groups is 1. The Hall–Kier alpha value is -4.10. The van der Waals surface area contributed by atoms with E-state index in [-0.39, 0.29) is 45.5 Å². The number of benzene rings is 2. The topological polar surface area (TPSA) is 139 Å². The van der Waals surface area contributed by atoms with Crippen molar-refractivity contribution in [2.75, 3.05) is 17.8 Å². The molecule has 1 amide bonds. The molecule has 0 spiro atoms. The molecule has 2 fully saturated rings. The van der Waals surface area contributed by atoms with E-state index in [1.165, 1.54) is 46.0 Å². The van der Waals surface area contributed by atoms with Crippen molar-refractivity contribution in [2.24, 2.45) is 5.92 Å². The number of nitrogens with one attached hydrogen (secondary N) is 1. The van der Waals surface area contributed by atoms with Crippen LogP contribution in [-0.2, 0) is 21.4 Å². The lowest BCUT2D eigenvalue weighted by Gasteiger charge is -2.38. The second-order valence-corrected chi connectivity index (χ2v) is 12.1. The molecule has 1 saturated heterocycles. The van der Waals surface area contributed by atoms with Crippen molar-refractivity contribution >= 4 is 32.7 Å². The zero-order chi connectivity index (χ0) is 28.1. The van der Waals surface area contributed by atoms with Crippen molar-refractivity contribution < 1.29 is 22.7 Å². The van der Waals surface area contributed by atoms with Crippen molar-refractivity contribution in [3.63, 3.8) is 0 Å². The number of carbonyl (C=O) groups excluding carboxylic acids is 1. The number of rotatable bonds is 7. The van der Waals surface area contributed by atoms with Gasteiger partial charge in [-0.15, -0.1) is 0 Å². The number of carbonyl (C=O) groups is 1. The van der Waals surface area contributed by atoms with Crippen LogP contribution in [0.15, 0.2) is 70.7 Å². The highest BCUT2D eigenvalue weighted by molar-refractivity contribution is 7.92. The minimum Gasteiger partial charge on any atom is -0.388 e. The van der Waals surface area contributed by atoms with E-state index >= 15 is 0 Å². The van der Waals surface area contributed by atoms with E-state index in [0.717, 1.165) is 25.0 Å². The number of sulfonamides is 1. The summed E-state index contributed by atoms with van der Waals surface area (Å²) in [5, 5.41) is 15.7. The summed E-state index contributed by atoms with van der Waals surface area (Å²) in [7, 11) is -4.04. The van der Waals surface area contributed by atoms with Crippen molar-refractivity contribution in [3.05, 3.63) is 77.2 Å². The van der Waals surface area contributed by atoms with E-state index < -0.39 is 21.4 Å². The lowest BCUT2D eigenvalue weighted by atomic mass is 9.91. The van der Waals surface area contributed by atoms with Gasteiger partial charge in [-0.3, -0.25) is 18.9 Å². The molecule has 13 heteroatoms. The third kappa shape index (κ3) is 5.09. The van der Waals surface area contributed by atoms with Gasteiger partial charge in [0.15, 0.2) is 5.65 Å². The minimum atomic E-state index is -4.04. The van der Waals surface area contributed by atoms with Crippen molar-refractivity contribution in [3.8, 4) is 5.69 Å². The zero-order valence-corrected chi connectivity index (χ0v) is 22.2. The highest BCUT2D eigenvalue weighted by atomic mass is 32.2. The Balaban J connectivity index is 1.21. The molecule has 0 radical (unpaired) electrons. The van der Waals surface area contributed by atoms with Crippen LogP contribution in [0.2, 0.25) is 0 Å². The van der Waals surface area contributed by atoms with Crippen molar-refractivity contribution in [1.29, 1.82) is 0 Å². The Morgan fingerprint density at radius 1 is 1.12 bits per heavy atom. The molecule has 2 aromatic heterocycles. The van der Waals surface area contributed by atoms with E-state index in [1.54, 1.807) is 17.0 Å². The maximum atomic E-state index is 13.6. The molecule has 40 heavy (non-hydrogen) atoms. The van der Waals surface area contributed by atoms with E-state index in [4.69, 9.17) is 0 Å². The number of fused-ring (bicyclic) bond motifs is 1. The van der Waals surface area contributed by atoms with Gasteiger partial charge in [-0.2, -0.15) is 5.10 Å². The quantitative estimate of drug-likeness (QED) is 0.350. The van der Waals surface area contributed by atoms with Crippen LogP contribution in [0.3, 0.4) is 0 Å². The van der Waals surface area contributed by atoms with Crippen molar-refractivity contribution in [2.45, 2.75) is 42.7 Å². The van der Waals surface area contributed by atoms with Gasteiger partial charge in [0.1, 0.15) is 17.5 Å². The van der Waals surface area contributed by atoms with Crippen LogP contribution in [0.25, 0.3) is 16.7 Å². The van der Waals surface area contributed by atoms with E-state index in [9.17, 15) is 27.5 Å². The molecule has 6 rings (SSSR count). The first kappa shape index (κ1) is 26.1. The van der Waals surface area contributed by atoms with Gasteiger partial charge in [0, 0.05) is 19.0 Å². The molecule has 2 N–H and O–H groups in total. The Morgan fingerprint density at radius 2 is 1.88 bits per heavy atom. The van der Waals surface area contributed by atoms with Gasteiger partial charge < -0.3 is 10.0 Å². The highest BCUT2D eigenvalue weighted by Gasteiger charge is 2.39. The summed E-state index contributed by atoms with van der Waals surface area (Å²) in [5.41, 5.74) is -0.576. The number of aromatic nitrogens is 4. The van der Waals surface area contributed by atoms with E-state index in [2.05, 4.69) is 14.8 Å². The fourth-order valence-corrected chi connectivity index (χ4v) is 6.09. The maximum Gasteiger partial charge on any atom is 0.264 e. The number of hydrogen-bond acceptors (Lipinski definition) is 7. The number of nitrogens with zero attached hydrogens (tertiary/aromatic N) is 5. The summed E-state index contributed by atoms with van der Waals surface area (Å²) in [6, 6.07) is 11.0. The van der Waals surface area contributed by atoms with Crippen LogP contribution in [-0.4, -0.2) is 62.4 Å². The summed E-state index contributed by atoms with van der Waals surface area (Å²) in [5.74, 6) is -0.385. The van der Waals surface area contributed by atoms with E-state index in [1.807, 2.05) is 0 Å².